The van der Waals surface area contributed by atoms with Gasteiger partial charge in [0, 0.05) is 50.1 Å². The van der Waals surface area contributed by atoms with Gasteiger partial charge in [-0.2, -0.15) is 5.26 Å². The predicted octanol–water partition coefficient (Wildman–Crippen LogP) is 3.16. The first-order valence-corrected chi connectivity index (χ1v) is 9.77. The molecule has 0 unspecified atom stereocenters. The number of aromatic nitrogens is 1. The number of carbonyl (C=O) groups excluding carboxylic acids is 1. The van der Waals surface area contributed by atoms with Crippen LogP contribution in [0.3, 0.4) is 0 Å². The third-order valence-electron chi connectivity index (χ3n) is 4.90. The number of amides is 1. The second-order valence-electron chi connectivity index (χ2n) is 6.94. The fraction of sp³-hybridized carbons (Fsp3) is 0.409. The maximum absolute atomic E-state index is 12.5. The fourth-order valence-corrected chi connectivity index (χ4v) is 3.31. The molecule has 0 aliphatic carbocycles. The molecule has 1 N–H and O–H groups in total. The summed E-state index contributed by atoms with van der Waals surface area (Å²) in [4.78, 5) is 18.4. The quantitative estimate of drug-likeness (QED) is 0.714. The van der Waals surface area contributed by atoms with Gasteiger partial charge in [-0.05, 0) is 49.1 Å². The lowest BCUT2D eigenvalue weighted by molar-refractivity contribution is 0.0704. The topological polar surface area (TPSA) is 78.2 Å². The van der Waals surface area contributed by atoms with Crippen LogP contribution in [0.1, 0.15) is 41.6 Å². The maximum atomic E-state index is 12.5. The molecular weight excluding hydrogens is 352 g/mol. The van der Waals surface area contributed by atoms with Crippen LogP contribution in [0.15, 0.2) is 48.8 Å². The van der Waals surface area contributed by atoms with Gasteiger partial charge in [0.15, 0.2) is 0 Å². The van der Waals surface area contributed by atoms with Crippen LogP contribution in [0.5, 0.6) is 5.75 Å². The van der Waals surface area contributed by atoms with Gasteiger partial charge in [0.2, 0.25) is 0 Å². The second-order valence-corrected chi connectivity index (χ2v) is 6.94. The van der Waals surface area contributed by atoms with Crippen LogP contribution in [0.2, 0.25) is 0 Å². The van der Waals surface area contributed by atoms with E-state index in [4.69, 9.17) is 10.00 Å². The second kappa shape index (κ2) is 10.4. The van der Waals surface area contributed by atoms with Gasteiger partial charge in [-0.1, -0.05) is 12.1 Å². The molecule has 1 aromatic carbocycles. The molecule has 1 saturated heterocycles. The monoisotopic (exact) mass is 378 g/mol. The zero-order valence-corrected chi connectivity index (χ0v) is 16.0. The van der Waals surface area contributed by atoms with Crippen LogP contribution in [-0.4, -0.2) is 41.5 Å². The SMILES string of the molecule is N#CCCCOc1cccc(CNC2CCN(C(=O)c3ccncc3)CC2)c1. The Kier molecular flexibility index (Phi) is 7.39. The minimum Gasteiger partial charge on any atom is -0.494 e. The van der Waals surface area contributed by atoms with Crippen molar-refractivity contribution in [1.82, 2.24) is 15.2 Å². The average molecular weight is 378 g/mol. The number of carbonyl (C=O) groups is 1. The molecule has 0 spiro atoms. The lowest BCUT2D eigenvalue weighted by atomic mass is 10.0. The van der Waals surface area contributed by atoms with Gasteiger partial charge in [-0.3, -0.25) is 9.78 Å². The normalized spacial score (nSPS) is 14.5. The number of hydrogen-bond acceptors (Lipinski definition) is 5. The molecule has 0 radical (unpaired) electrons. The highest BCUT2D eigenvalue weighted by Gasteiger charge is 2.23. The first-order valence-electron chi connectivity index (χ1n) is 9.77. The van der Waals surface area contributed by atoms with E-state index in [1.165, 1.54) is 5.56 Å². The molecule has 3 rings (SSSR count). The Labute approximate surface area is 166 Å². The summed E-state index contributed by atoms with van der Waals surface area (Å²) in [6, 6.07) is 14.1. The van der Waals surface area contributed by atoms with Crippen molar-refractivity contribution in [1.29, 1.82) is 5.26 Å². The Bertz CT molecular complexity index is 796. The van der Waals surface area contributed by atoms with Crippen molar-refractivity contribution in [3.63, 3.8) is 0 Å². The van der Waals surface area contributed by atoms with Gasteiger partial charge >= 0.3 is 0 Å². The molecule has 2 aromatic rings. The lowest BCUT2D eigenvalue weighted by Gasteiger charge is -2.32. The van der Waals surface area contributed by atoms with E-state index in [1.807, 2.05) is 23.1 Å². The van der Waals surface area contributed by atoms with Crippen molar-refractivity contribution >= 4 is 5.91 Å². The van der Waals surface area contributed by atoms with Crippen molar-refractivity contribution in [2.75, 3.05) is 19.7 Å². The van der Waals surface area contributed by atoms with Crippen LogP contribution < -0.4 is 10.1 Å². The van der Waals surface area contributed by atoms with Gasteiger partial charge in [0.1, 0.15) is 5.75 Å². The van der Waals surface area contributed by atoms with Gasteiger partial charge in [0.05, 0.1) is 12.7 Å². The van der Waals surface area contributed by atoms with E-state index in [9.17, 15) is 4.79 Å². The van der Waals surface area contributed by atoms with Gasteiger partial charge < -0.3 is 15.0 Å². The summed E-state index contributed by atoms with van der Waals surface area (Å²) in [5.74, 6) is 0.928. The zero-order valence-electron chi connectivity index (χ0n) is 16.0. The molecule has 6 nitrogen and oxygen atoms in total. The first-order chi connectivity index (χ1) is 13.8. The third-order valence-corrected chi connectivity index (χ3v) is 4.90. The summed E-state index contributed by atoms with van der Waals surface area (Å²) in [6.45, 7) is 2.87. The Morgan fingerprint density at radius 3 is 2.79 bits per heavy atom. The molecule has 1 amide bonds. The number of nitrogens with one attached hydrogen (secondary N) is 1. The van der Waals surface area contributed by atoms with Crippen LogP contribution in [0.4, 0.5) is 0 Å². The van der Waals surface area contributed by atoms with Crippen LogP contribution in [0.25, 0.3) is 0 Å². The number of rotatable bonds is 8. The molecule has 1 aliphatic heterocycles. The molecule has 1 aromatic heterocycles. The maximum Gasteiger partial charge on any atom is 0.253 e. The lowest BCUT2D eigenvalue weighted by Crippen LogP contribution is -2.44. The highest BCUT2D eigenvalue weighted by molar-refractivity contribution is 5.94. The standard InChI is InChI=1S/C22H26N4O2/c23-10-1-2-15-28-21-5-3-4-18(16-21)17-25-20-8-13-26(14-9-20)22(27)19-6-11-24-12-7-19/h3-7,11-12,16,20,25H,1-2,8-9,13-15,17H2. The highest BCUT2D eigenvalue weighted by atomic mass is 16.5. The minimum atomic E-state index is 0.0853. The largest absolute Gasteiger partial charge is 0.494 e. The Hall–Kier alpha value is -2.91. The molecular formula is C22H26N4O2. The molecule has 28 heavy (non-hydrogen) atoms. The molecule has 6 heteroatoms. The van der Waals surface area contributed by atoms with E-state index >= 15 is 0 Å². The summed E-state index contributed by atoms with van der Waals surface area (Å²) in [7, 11) is 0. The van der Waals surface area contributed by atoms with Crippen molar-refractivity contribution in [3.8, 4) is 11.8 Å². The number of nitriles is 1. The van der Waals surface area contributed by atoms with Crippen LogP contribution in [0, 0.1) is 11.3 Å². The van der Waals surface area contributed by atoms with E-state index in [-0.39, 0.29) is 5.91 Å². The number of benzene rings is 1. The average Bonchev–Trinajstić information content (AvgIpc) is 2.76. The summed E-state index contributed by atoms with van der Waals surface area (Å²) in [5, 5.41) is 12.2. The van der Waals surface area contributed by atoms with Crippen molar-refractivity contribution in [2.45, 2.75) is 38.3 Å². The molecule has 2 heterocycles. The van der Waals surface area contributed by atoms with E-state index in [1.54, 1.807) is 24.5 Å². The van der Waals surface area contributed by atoms with Crippen molar-refractivity contribution in [3.05, 3.63) is 59.9 Å². The third kappa shape index (κ3) is 5.80. The molecule has 146 valence electrons. The van der Waals surface area contributed by atoms with Crippen molar-refractivity contribution in [2.24, 2.45) is 0 Å². The zero-order chi connectivity index (χ0) is 19.6. The van der Waals surface area contributed by atoms with Gasteiger partial charge in [0.25, 0.3) is 5.91 Å². The number of hydrogen-bond donors (Lipinski definition) is 1. The van der Waals surface area contributed by atoms with E-state index in [0.29, 0.717) is 24.6 Å². The van der Waals surface area contributed by atoms with E-state index in [0.717, 1.165) is 44.6 Å². The molecule has 0 saturated carbocycles. The molecule has 1 fully saturated rings. The number of ether oxygens (including phenoxy) is 1. The Balaban J connectivity index is 1.42. The van der Waals surface area contributed by atoms with E-state index in [2.05, 4.69) is 22.4 Å². The summed E-state index contributed by atoms with van der Waals surface area (Å²) in [5.41, 5.74) is 1.88. The minimum absolute atomic E-state index is 0.0853. The predicted molar refractivity (Wildman–Crippen MR) is 107 cm³/mol. The fourth-order valence-electron chi connectivity index (χ4n) is 3.31. The van der Waals surface area contributed by atoms with Crippen LogP contribution >= 0.6 is 0 Å². The number of nitrogens with zero attached hydrogens (tertiary/aromatic N) is 3. The highest BCUT2D eigenvalue weighted by Crippen LogP contribution is 2.17. The number of pyridine rings is 1. The smallest absolute Gasteiger partial charge is 0.253 e. The first kappa shape index (κ1) is 19.8. The summed E-state index contributed by atoms with van der Waals surface area (Å²) >= 11 is 0. The van der Waals surface area contributed by atoms with Gasteiger partial charge in [-0.15, -0.1) is 0 Å². The molecule has 1 aliphatic rings. The summed E-state index contributed by atoms with van der Waals surface area (Å²) < 4.78 is 5.70. The number of piperidine rings is 1. The Morgan fingerprint density at radius 2 is 2.04 bits per heavy atom. The number of unbranched alkanes of at least 4 members (excludes halogenated alkanes) is 1. The van der Waals surface area contributed by atoms with E-state index < -0.39 is 0 Å². The molecule has 0 atom stereocenters. The Morgan fingerprint density at radius 1 is 1.25 bits per heavy atom. The molecule has 0 bridgehead atoms. The van der Waals surface area contributed by atoms with Crippen LogP contribution in [-0.2, 0) is 6.54 Å². The van der Waals surface area contributed by atoms with Crippen molar-refractivity contribution < 1.29 is 9.53 Å². The number of likely N-dealkylation sites (tertiary alicyclic amines) is 1. The summed E-state index contributed by atoms with van der Waals surface area (Å²) in [6.07, 6.45) is 6.47. The van der Waals surface area contributed by atoms with Gasteiger partial charge in [-0.25, -0.2) is 0 Å².